The van der Waals surface area contributed by atoms with Gasteiger partial charge in [0.1, 0.15) is 12.9 Å². The first kappa shape index (κ1) is 15.9. The largest absolute Gasteiger partial charge is 0.485 e. The van der Waals surface area contributed by atoms with E-state index in [2.05, 4.69) is 15.3 Å². The fourth-order valence-corrected chi connectivity index (χ4v) is 2.81. The quantitative estimate of drug-likeness (QED) is 0.795. The Hall–Kier alpha value is -1.94. The number of anilines is 2. The van der Waals surface area contributed by atoms with Crippen molar-refractivity contribution < 1.29 is 31.1 Å². The van der Waals surface area contributed by atoms with Crippen molar-refractivity contribution in [2.75, 3.05) is 36.5 Å². The third-order valence-electron chi connectivity index (χ3n) is 3.89. The highest BCUT2D eigenvalue weighted by Gasteiger charge is 2.59. The number of hydrogen-bond donors (Lipinski definition) is 1. The molecule has 11 heteroatoms. The lowest BCUT2D eigenvalue weighted by atomic mass is 9.95. The molecule has 0 spiro atoms. The summed E-state index contributed by atoms with van der Waals surface area (Å²) in [6, 6.07) is 0. The molecular weight excluding hydrogens is 330 g/mol. The fourth-order valence-electron chi connectivity index (χ4n) is 2.81. The molecule has 1 N–H and O–H groups in total. The molecule has 23 heavy (non-hydrogen) atoms. The second kappa shape index (κ2) is 5.31. The summed E-state index contributed by atoms with van der Waals surface area (Å²) >= 11 is 0. The van der Waals surface area contributed by atoms with Crippen LogP contribution in [0.25, 0.3) is 0 Å². The van der Waals surface area contributed by atoms with Gasteiger partial charge >= 0.3 is 12.4 Å². The summed E-state index contributed by atoms with van der Waals surface area (Å²) in [5.41, 5.74) is 0. The SMILES string of the molecule is FC(F)(F)C1CN(c2ncnc3c2OCCN3)CC1C(F)(F)F. The monoisotopic (exact) mass is 342 g/mol. The normalized spacial score (nSPS) is 24.9. The molecule has 2 aliphatic heterocycles. The van der Waals surface area contributed by atoms with Gasteiger partial charge in [-0.2, -0.15) is 26.3 Å². The number of ether oxygens (including phenoxy) is 1. The number of halogens is 6. The molecule has 2 aliphatic rings. The Morgan fingerprint density at radius 2 is 1.65 bits per heavy atom. The summed E-state index contributed by atoms with van der Waals surface area (Å²) in [6.07, 6.45) is -8.80. The molecule has 0 aromatic carbocycles. The Balaban J connectivity index is 1.94. The molecular formula is C12H12F6N4O. The number of fused-ring (bicyclic) bond motifs is 1. The minimum Gasteiger partial charge on any atom is -0.485 e. The third kappa shape index (κ3) is 2.95. The zero-order chi connectivity index (χ0) is 16.8. The van der Waals surface area contributed by atoms with Gasteiger partial charge in [0.25, 0.3) is 0 Å². The van der Waals surface area contributed by atoms with Crippen molar-refractivity contribution in [3.8, 4) is 5.75 Å². The molecule has 0 amide bonds. The van der Waals surface area contributed by atoms with Gasteiger partial charge in [0.15, 0.2) is 11.6 Å². The summed E-state index contributed by atoms with van der Waals surface area (Å²) in [4.78, 5) is 8.65. The fraction of sp³-hybridized carbons (Fsp3) is 0.667. The number of rotatable bonds is 1. The second-order valence-corrected chi connectivity index (χ2v) is 5.35. The van der Waals surface area contributed by atoms with Crippen LogP contribution in [0.2, 0.25) is 0 Å². The van der Waals surface area contributed by atoms with Crippen molar-refractivity contribution in [2.24, 2.45) is 11.8 Å². The van der Waals surface area contributed by atoms with E-state index in [1.165, 1.54) is 0 Å². The molecule has 0 saturated carbocycles. The predicted octanol–water partition coefficient (Wildman–Crippen LogP) is 2.46. The molecule has 1 fully saturated rings. The topological polar surface area (TPSA) is 50.3 Å². The standard InChI is InChI=1S/C12H12F6N4O/c13-11(14,15)6-3-22(4-7(6)12(16,17)18)10-8-9(20-5-21-10)19-1-2-23-8/h5-7H,1-4H2,(H,19,20,21). The second-order valence-electron chi connectivity index (χ2n) is 5.35. The van der Waals surface area contributed by atoms with Crippen LogP contribution < -0.4 is 15.0 Å². The zero-order valence-electron chi connectivity index (χ0n) is 11.6. The van der Waals surface area contributed by atoms with Crippen molar-refractivity contribution in [2.45, 2.75) is 12.4 Å². The summed E-state index contributed by atoms with van der Waals surface area (Å²) in [5, 5.41) is 2.86. The van der Waals surface area contributed by atoms with E-state index in [1.54, 1.807) is 0 Å². The van der Waals surface area contributed by atoms with Crippen LogP contribution in [0.3, 0.4) is 0 Å². The Morgan fingerprint density at radius 3 is 2.22 bits per heavy atom. The molecule has 0 radical (unpaired) electrons. The van der Waals surface area contributed by atoms with E-state index >= 15 is 0 Å². The Labute approximate surface area is 126 Å². The van der Waals surface area contributed by atoms with Gasteiger partial charge in [-0.3, -0.25) is 0 Å². The van der Waals surface area contributed by atoms with Gasteiger partial charge in [-0.25, -0.2) is 9.97 Å². The van der Waals surface area contributed by atoms with Crippen LogP contribution in [0.5, 0.6) is 5.75 Å². The van der Waals surface area contributed by atoms with E-state index in [0.717, 1.165) is 11.2 Å². The van der Waals surface area contributed by atoms with Gasteiger partial charge in [0, 0.05) is 13.1 Å². The van der Waals surface area contributed by atoms with Crippen LogP contribution in [-0.2, 0) is 0 Å². The molecule has 5 nitrogen and oxygen atoms in total. The molecule has 3 heterocycles. The van der Waals surface area contributed by atoms with E-state index in [1.807, 2.05) is 0 Å². The van der Waals surface area contributed by atoms with E-state index < -0.39 is 37.3 Å². The van der Waals surface area contributed by atoms with Crippen LogP contribution in [-0.4, -0.2) is 48.6 Å². The van der Waals surface area contributed by atoms with Gasteiger partial charge in [0.2, 0.25) is 5.75 Å². The van der Waals surface area contributed by atoms with Gasteiger partial charge < -0.3 is 15.0 Å². The Morgan fingerprint density at radius 1 is 1.04 bits per heavy atom. The van der Waals surface area contributed by atoms with Gasteiger partial charge in [-0.05, 0) is 0 Å². The highest BCUT2D eigenvalue weighted by Crippen LogP contribution is 2.47. The maximum Gasteiger partial charge on any atom is 0.394 e. The minimum absolute atomic E-state index is 0.0526. The van der Waals surface area contributed by atoms with Crippen molar-refractivity contribution >= 4 is 11.6 Å². The number of aromatic nitrogens is 2. The van der Waals surface area contributed by atoms with Gasteiger partial charge in [-0.1, -0.05) is 0 Å². The summed E-state index contributed by atoms with van der Waals surface area (Å²) in [7, 11) is 0. The van der Waals surface area contributed by atoms with Crippen molar-refractivity contribution in [3.63, 3.8) is 0 Å². The lowest BCUT2D eigenvalue weighted by molar-refractivity contribution is -0.239. The molecule has 2 unspecified atom stereocenters. The molecule has 1 saturated heterocycles. The van der Waals surface area contributed by atoms with Crippen LogP contribution in [0.4, 0.5) is 38.0 Å². The van der Waals surface area contributed by atoms with Crippen molar-refractivity contribution in [1.82, 2.24) is 9.97 Å². The first-order valence-corrected chi connectivity index (χ1v) is 6.78. The summed E-state index contributed by atoms with van der Waals surface area (Å²) in [5.74, 6) is -4.69. The number of nitrogens with zero attached hydrogens (tertiary/aromatic N) is 3. The summed E-state index contributed by atoms with van der Waals surface area (Å²) < 4.78 is 83.1. The van der Waals surface area contributed by atoms with E-state index in [4.69, 9.17) is 4.74 Å². The van der Waals surface area contributed by atoms with Crippen LogP contribution in [0.1, 0.15) is 0 Å². The summed E-state index contributed by atoms with van der Waals surface area (Å²) in [6.45, 7) is -0.965. The molecule has 1 aromatic rings. The highest BCUT2D eigenvalue weighted by atomic mass is 19.4. The molecule has 0 aliphatic carbocycles. The Bertz CT molecular complexity index is 568. The van der Waals surface area contributed by atoms with Crippen molar-refractivity contribution in [1.29, 1.82) is 0 Å². The van der Waals surface area contributed by atoms with Crippen LogP contribution in [0.15, 0.2) is 6.33 Å². The molecule has 0 bridgehead atoms. The molecule has 2 atom stereocenters. The maximum absolute atomic E-state index is 13.0. The average molecular weight is 342 g/mol. The predicted molar refractivity (Wildman–Crippen MR) is 67.3 cm³/mol. The van der Waals surface area contributed by atoms with Crippen molar-refractivity contribution in [3.05, 3.63) is 6.33 Å². The minimum atomic E-state index is -4.94. The average Bonchev–Trinajstić information content (AvgIpc) is 2.92. The smallest absolute Gasteiger partial charge is 0.394 e. The van der Waals surface area contributed by atoms with E-state index in [9.17, 15) is 26.3 Å². The first-order chi connectivity index (χ1) is 10.7. The van der Waals surface area contributed by atoms with Gasteiger partial charge in [0.05, 0.1) is 18.4 Å². The Kier molecular flexibility index (Phi) is 3.68. The van der Waals surface area contributed by atoms with Crippen LogP contribution >= 0.6 is 0 Å². The van der Waals surface area contributed by atoms with E-state index in [0.29, 0.717) is 6.54 Å². The lowest BCUT2D eigenvalue weighted by Gasteiger charge is -2.25. The highest BCUT2D eigenvalue weighted by molar-refractivity contribution is 5.66. The first-order valence-electron chi connectivity index (χ1n) is 6.78. The molecule has 3 rings (SSSR count). The molecule has 1 aromatic heterocycles. The maximum atomic E-state index is 13.0. The molecule has 128 valence electrons. The number of nitrogens with one attached hydrogen (secondary N) is 1. The number of alkyl halides is 6. The third-order valence-corrected chi connectivity index (χ3v) is 3.89. The number of hydrogen-bond acceptors (Lipinski definition) is 5. The van der Waals surface area contributed by atoms with Gasteiger partial charge in [-0.15, -0.1) is 0 Å². The zero-order valence-corrected chi connectivity index (χ0v) is 11.6. The van der Waals surface area contributed by atoms with E-state index in [-0.39, 0.29) is 24.0 Å². The van der Waals surface area contributed by atoms with Crippen LogP contribution in [0, 0.1) is 11.8 Å². The lowest BCUT2D eigenvalue weighted by Crippen LogP contribution is -2.37.